The molecule has 1 aromatic heterocycles. The van der Waals surface area contributed by atoms with Crippen molar-refractivity contribution in [3.63, 3.8) is 0 Å². The van der Waals surface area contributed by atoms with E-state index >= 15 is 0 Å². The van der Waals surface area contributed by atoms with Crippen LogP contribution in [0.15, 0.2) is 36.7 Å². The average molecular weight is 287 g/mol. The number of hydrogen-bond acceptors (Lipinski definition) is 3. The highest BCUT2D eigenvalue weighted by atomic mass is 16.5. The van der Waals surface area contributed by atoms with E-state index in [4.69, 9.17) is 4.74 Å². The van der Waals surface area contributed by atoms with Crippen molar-refractivity contribution in [3.05, 3.63) is 48.0 Å². The number of nitrogens with one attached hydrogen (secondary N) is 1. The van der Waals surface area contributed by atoms with Crippen LogP contribution in [0.2, 0.25) is 0 Å². The Morgan fingerprint density at radius 3 is 2.81 bits per heavy atom. The fourth-order valence-electron chi connectivity index (χ4n) is 2.56. The quantitative estimate of drug-likeness (QED) is 0.810. The van der Waals surface area contributed by atoms with Crippen molar-refractivity contribution in [2.45, 2.75) is 39.3 Å². The Kier molecular flexibility index (Phi) is 5.81. The maximum Gasteiger partial charge on any atom is 0.123 e. The van der Waals surface area contributed by atoms with Crippen molar-refractivity contribution >= 4 is 0 Å². The number of aryl methyl sites for hydroxylation is 1. The first-order valence-electron chi connectivity index (χ1n) is 7.66. The van der Waals surface area contributed by atoms with Gasteiger partial charge in [-0.25, -0.2) is 4.98 Å². The molecule has 2 aromatic rings. The predicted molar refractivity (Wildman–Crippen MR) is 85.6 cm³/mol. The lowest BCUT2D eigenvalue weighted by molar-refractivity contribution is 0.387. The zero-order valence-corrected chi connectivity index (χ0v) is 13.2. The van der Waals surface area contributed by atoms with Gasteiger partial charge < -0.3 is 14.6 Å². The summed E-state index contributed by atoms with van der Waals surface area (Å²) in [6.45, 7) is 6.17. The van der Waals surface area contributed by atoms with Crippen molar-refractivity contribution in [2.24, 2.45) is 0 Å². The minimum Gasteiger partial charge on any atom is -0.496 e. The summed E-state index contributed by atoms with van der Waals surface area (Å²) in [6, 6.07) is 8.45. The first-order valence-corrected chi connectivity index (χ1v) is 7.66. The van der Waals surface area contributed by atoms with Gasteiger partial charge in [0.2, 0.25) is 0 Å². The van der Waals surface area contributed by atoms with Gasteiger partial charge in [0.1, 0.15) is 11.6 Å². The first-order chi connectivity index (χ1) is 10.3. The number of benzene rings is 1. The topological polar surface area (TPSA) is 39.1 Å². The highest BCUT2D eigenvalue weighted by molar-refractivity contribution is 5.35. The Morgan fingerprint density at radius 2 is 2.10 bits per heavy atom. The monoisotopic (exact) mass is 287 g/mol. The van der Waals surface area contributed by atoms with E-state index in [2.05, 4.69) is 47.0 Å². The Balaban J connectivity index is 2.25. The molecule has 4 nitrogen and oxygen atoms in total. The molecule has 1 heterocycles. The molecule has 1 aromatic carbocycles. The molecule has 0 saturated heterocycles. The maximum atomic E-state index is 5.52. The second-order valence-electron chi connectivity index (χ2n) is 5.10. The second kappa shape index (κ2) is 7.84. The molecule has 0 bridgehead atoms. The summed E-state index contributed by atoms with van der Waals surface area (Å²) in [5.41, 5.74) is 1.20. The van der Waals surface area contributed by atoms with Gasteiger partial charge in [-0.05, 0) is 19.0 Å². The van der Waals surface area contributed by atoms with Crippen molar-refractivity contribution in [1.29, 1.82) is 0 Å². The van der Waals surface area contributed by atoms with Gasteiger partial charge in [0.25, 0.3) is 0 Å². The van der Waals surface area contributed by atoms with Crippen LogP contribution in [0.3, 0.4) is 0 Å². The summed E-state index contributed by atoms with van der Waals surface area (Å²) in [5, 5.41) is 3.62. The zero-order chi connectivity index (χ0) is 15.1. The van der Waals surface area contributed by atoms with E-state index in [1.54, 1.807) is 7.11 Å². The third kappa shape index (κ3) is 3.85. The molecule has 1 unspecified atom stereocenters. The van der Waals surface area contributed by atoms with Gasteiger partial charge in [0.05, 0.1) is 13.2 Å². The van der Waals surface area contributed by atoms with Crippen LogP contribution in [0.5, 0.6) is 5.75 Å². The highest BCUT2D eigenvalue weighted by Crippen LogP contribution is 2.26. The van der Waals surface area contributed by atoms with Crippen LogP contribution < -0.4 is 10.1 Å². The van der Waals surface area contributed by atoms with Gasteiger partial charge in [-0.15, -0.1) is 0 Å². The molecule has 0 fully saturated rings. The number of ether oxygens (including phenoxy) is 1. The molecular formula is C17H25N3O. The van der Waals surface area contributed by atoms with E-state index in [0.29, 0.717) is 0 Å². The van der Waals surface area contributed by atoms with E-state index < -0.39 is 0 Å². The van der Waals surface area contributed by atoms with E-state index in [-0.39, 0.29) is 6.04 Å². The summed E-state index contributed by atoms with van der Waals surface area (Å²) >= 11 is 0. The number of aromatic nitrogens is 2. The minimum atomic E-state index is 0.223. The molecule has 2 rings (SSSR count). The molecule has 0 amide bonds. The number of methoxy groups -OCH3 is 1. The molecule has 1 atom stereocenters. The fourth-order valence-corrected chi connectivity index (χ4v) is 2.56. The molecule has 1 N–H and O–H groups in total. The molecule has 0 radical (unpaired) electrons. The molecule has 0 aliphatic rings. The van der Waals surface area contributed by atoms with Crippen LogP contribution in [0.1, 0.15) is 37.7 Å². The first kappa shape index (κ1) is 15.6. The largest absolute Gasteiger partial charge is 0.496 e. The Labute approximate surface area is 127 Å². The van der Waals surface area contributed by atoms with Crippen LogP contribution in [0, 0.1) is 0 Å². The summed E-state index contributed by atoms with van der Waals surface area (Å²) in [5.74, 6) is 2.05. The van der Waals surface area contributed by atoms with E-state index in [9.17, 15) is 0 Å². The van der Waals surface area contributed by atoms with Crippen LogP contribution in [-0.2, 0) is 13.0 Å². The van der Waals surface area contributed by atoms with Gasteiger partial charge in [0.15, 0.2) is 0 Å². The smallest absolute Gasteiger partial charge is 0.123 e. The third-order valence-corrected chi connectivity index (χ3v) is 3.65. The van der Waals surface area contributed by atoms with Crippen molar-refractivity contribution in [1.82, 2.24) is 14.9 Å². The van der Waals surface area contributed by atoms with Gasteiger partial charge in [-0.2, -0.15) is 0 Å². The number of hydrogen-bond donors (Lipinski definition) is 1. The Hall–Kier alpha value is -1.81. The third-order valence-electron chi connectivity index (χ3n) is 3.65. The summed E-state index contributed by atoms with van der Waals surface area (Å²) in [4.78, 5) is 4.41. The fraction of sp³-hybridized carbons (Fsp3) is 0.471. The van der Waals surface area contributed by atoms with Crippen molar-refractivity contribution < 1.29 is 4.74 Å². The molecule has 0 spiro atoms. The molecule has 21 heavy (non-hydrogen) atoms. The standard InChI is InChI=1S/C17H25N3O/c1-4-10-18-15(13-20-12-11-19-17(20)5-2)14-8-6-7-9-16(14)21-3/h6-9,11-12,15,18H,4-5,10,13H2,1-3H3. The normalized spacial score (nSPS) is 12.3. The lowest BCUT2D eigenvalue weighted by Crippen LogP contribution is -2.27. The lowest BCUT2D eigenvalue weighted by Gasteiger charge is -2.22. The van der Waals surface area contributed by atoms with Gasteiger partial charge in [0, 0.05) is 30.9 Å². The molecule has 0 aliphatic heterocycles. The van der Waals surface area contributed by atoms with E-state index in [1.165, 1.54) is 5.56 Å². The molecule has 0 saturated carbocycles. The van der Waals surface area contributed by atoms with E-state index in [1.807, 2.05) is 18.3 Å². The zero-order valence-electron chi connectivity index (χ0n) is 13.2. The number of rotatable bonds is 8. The number of nitrogens with zero attached hydrogens (tertiary/aromatic N) is 2. The summed E-state index contributed by atoms with van der Waals surface area (Å²) in [6.07, 6.45) is 5.97. The van der Waals surface area contributed by atoms with Gasteiger partial charge in [-0.1, -0.05) is 32.0 Å². The molecular weight excluding hydrogens is 262 g/mol. The minimum absolute atomic E-state index is 0.223. The lowest BCUT2D eigenvalue weighted by atomic mass is 10.1. The van der Waals surface area contributed by atoms with Crippen molar-refractivity contribution in [2.75, 3.05) is 13.7 Å². The van der Waals surface area contributed by atoms with Crippen LogP contribution in [0.4, 0.5) is 0 Å². The second-order valence-corrected chi connectivity index (χ2v) is 5.10. The molecule has 0 aliphatic carbocycles. The maximum absolute atomic E-state index is 5.52. The highest BCUT2D eigenvalue weighted by Gasteiger charge is 2.16. The molecule has 114 valence electrons. The van der Waals surface area contributed by atoms with Crippen LogP contribution in [0.25, 0.3) is 0 Å². The number of imidazole rings is 1. The summed E-state index contributed by atoms with van der Waals surface area (Å²) < 4.78 is 7.74. The van der Waals surface area contributed by atoms with E-state index in [0.717, 1.165) is 37.5 Å². The predicted octanol–water partition coefficient (Wildman–Crippen LogP) is 3.20. The number of para-hydroxylation sites is 1. The SMILES string of the molecule is CCCNC(Cn1ccnc1CC)c1ccccc1OC. The van der Waals surface area contributed by atoms with Gasteiger partial charge >= 0.3 is 0 Å². The Morgan fingerprint density at radius 1 is 1.29 bits per heavy atom. The Bertz CT molecular complexity index is 550. The average Bonchev–Trinajstić information content (AvgIpc) is 2.98. The summed E-state index contributed by atoms with van der Waals surface area (Å²) in [7, 11) is 1.73. The van der Waals surface area contributed by atoms with Crippen LogP contribution >= 0.6 is 0 Å². The van der Waals surface area contributed by atoms with Crippen LogP contribution in [-0.4, -0.2) is 23.2 Å². The van der Waals surface area contributed by atoms with Gasteiger partial charge in [-0.3, -0.25) is 0 Å². The van der Waals surface area contributed by atoms with Crippen molar-refractivity contribution in [3.8, 4) is 5.75 Å². The molecule has 4 heteroatoms.